The molecule has 1 heterocycles. The monoisotopic (exact) mass is 396 g/mol. The number of benzene rings is 2. The first-order chi connectivity index (χ1) is 14.0. The first kappa shape index (κ1) is 21.2. The van der Waals surface area contributed by atoms with Gasteiger partial charge < -0.3 is 19.9 Å². The summed E-state index contributed by atoms with van der Waals surface area (Å²) in [5.41, 5.74) is 3.35. The number of para-hydroxylation sites is 1. The zero-order valence-corrected chi connectivity index (χ0v) is 18.1. The summed E-state index contributed by atoms with van der Waals surface area (Å²) >= 11 is 0. The van der Waals surface area contributed by atoms with Gasteiger partial charge in [0.05, 0.1) is 33.3 Å². The lowest BCUT2D eigenvalue weighted by Crippen LogP contribution is -3.19. The van der Waals surface area contributed by atoms with Crippen molar-refractivity contribution < 1.29 is 14.4 Å². The van der Waals surface area contributed by atoms with Crippen LogP contribution in [-0.4, -0.2) is 45.2 Å². The summed E-state index contributed by atoms with van der Waals surface area (Å²) < 4.78 is 5.34. The zero-order valence-electron chi connectivity index (χ0n) is 18.1. The molecule has 1 aliphatic rings. The Labute approximate surface area is 174 Å². The van der Waals surface area contributed by atoms with E-state index in [9.17, 15) is 4.79 Å². The van der Waals surface area contributed by atoms with Crippen molar-refractivity contribution in [1.29, 1.82) is 0 Å². The summed E-state index contributed by atoms with van der Waals surface area (Å²) in [4.78, 5) is 16.7. The number of amides is 1. The number of nitrogens with one attached hydrogen (secondary N) is 2. The third-order valence-electron chi connectivity index (χ3n) is 6.19. The molecule has 0 bridgehead atoms. The van der Waals surface area contributed by atoms with Gasteiger partial charge in [-0.3, -0.25) is 4.79 Å². The van der Waals surface area contributed by atoms with Crippen LogP contribution in [0.3, 0.4) is 0 Å². The molecule has 5 nitrogen and oxygen atoms in total. The number of hydrogen-bond donors (Lipinski definition) is 2. The Hall–Kier alpha value is -2.53. The maximum atomic E-state index is 12.9. The average Bonchev–Trinajstić information content (AvgIpc) is 2.78. The maximum absolute atomic E-state index is 12.9. The summed E-state index contributed by atoms with van der Waals surface area (Å²) in [6, 6.07) is 16.3. The molecule has 0 radical (unpaired) electrons. The highest BCUT2D eigenvalue weighted by atomic mass is 16.5. The second kappa shape index (κ2) is 9.79. The fraction of sp³-hybridized carbons (Fsp3) is 0.458. The predicted octanol–water partition coefficient (Wildman–Crippen LogP) is 2.94. The van der Waals surface area contributed by atoms with Crippen molar-refractivity contribution in [2.24, 2.45) is 0 Å². The number of nitrogens with zero attached hydrogens (tertiary/aromatic N) is 1. The van der Waals surface area contributed by atoms with Gasteiger partial charge in [-0.05, 0) is 43.0 Å². The van der Waals surface area contributed by atoms with Gasteiger partial charge in [0.25, 0.3) is 5.91 Å². The van der Waals surface area contributed by atoms with Gasteiger partial charge in [0.2, 0.25) is 0 Å². The summed E-state index contributed by atoms with van der Waals surface area (Å²) in [6.45, 7) is 10.2. The SMILES string of the molecule is CC[C@@H](C)c1ccccc1NC(=O)[C@H](C)[NH+]1CCN(c2cccc(OC)c2)CC1. The van der Waals surface area contributed by atoms with Crippen molar-refractivity contribution in [3.8, 4) is 5.75 Å². The number of rotatable bonds is 7. The van der Waals surface area contributed by atoms with Crippen LogP contribution in [0.15, 0.2) is 48.5 Å². The number of anilines is 2. The molecular formula is C24H34N3O2+. The van der Waals surface area contributed by atoms with Gasteiger partial charge in [0.15, 0.2) is 6.04 Å². The van der Waals surface area contributed by atoms with E-state index in [1.54, 1.807) is 7.11 Å². The molecule has 1 aliphatic heterocycles. The predicted molar refractivity (Wildman–Crippen MR) is 119 cm³/mol. The van der Waals surface area contributed by atoms with E-state index in [2.05, 4.69) is 42.3 Å². The molecule has 0 aliphatic carbocycles. The Bertz CT molecular complexity index is 815. The third-order valence-corrected chi connectivity index (χ3v) is 6.19. The minimum Gasteiger partial charge on any atom is -0.497 e. The molecule has 0 spiro atoms. The molecule has 2 N–H and O–H groups in total. The molecule has 2 aromatic carbocycles. The molecule has 0 aromatic heterocycles. The molecule has 0 unspecified atom stereocenters. The van der Waals surface area contributed by atoms with Crippen LogP contribution >= 0.6 is 0 Å². The number of piperazine rings is 1. The molecular weight excluding hydrogens is 362 g/mol. The lowest BCUT2D eigenvalue weighted by molar-refractivity contribution is -0.914. The largest absolute Gasteiger partial charge is 0.497 e. The maximum Gasteiger partial charge on any atom is 0.282 e. The van der Waals surface area contributed by atoms with Gasteiger partial charge in [0.1, 0.15) is 5.75 Å². The number of ether oxygens (including phenoxy) is 1. The summed E-state index contributed by atoms with van der Waals surface area (Å²) in [5, 5.41) is 3.19. The first-order valence-electron chi connectivity index (χ1n) is 10.7. The van der Waals surface area contributed by atoms with Crippen LogP contribution in [0, 0.1) is 0 Å². The molecule has 1 fully saturated rings. The van der Waals surface area contributed by atoms with E-state index in [4.69, 9.17) is 4.74 Å². The van der Waals surface area contributed by atoms with Gasteiger partial charge >= 0.3 is 0 Å². The molecule has 3 rings (SSSR count). The highest BCUT2D eigenvalue weighted by Gasteiger charge is 2.29. The van der Waals surface area contributed by atoms with Crippen molar-refractivity contribution in [2.45, 2.75) is 39.2 Å². The van der Waals surface area contributed by atoms with Gasteiger partial charge in [-0.25, -0.2) is 0 Å². The van der Waals surface area contributed by atoms with Gasteiger partial charge in [-0.15, -0.1) is 0 Å². The lowest BCUT2D eigenvalue weighted by atomic mass is 9.97. The van der Waals surface area contributed by atoms with Crippen LogP contribution in [0.4, 0.5) is 11.4 Å². The smallest absolute Gasteiger partial charge is 0.282 e. The molecule has 1 amide bonds. The number of quaternary nitrogens is 1. The Morgan fingerprint density at radius 2 is 1.86 bits per heavy atom. The van der Waals surface area contributed by atoms with E-state index in [0.29, 0.717) is 5.92 Å². The molecule has 5 heteroatoms. The van der Waals surface area contributed by atoms with Gasteiger partial charge in [-0.1, -0.05) is 38.1 Å². The molecule has 156 valence electrons. The first-order valence-corrected chi connectivity index (χ1v) is 10.7. The van der Waals surface area contributed by atoms with E-state index in [0.717, 1.165) is 44.0 Å². The third kappa shape index (κ3) is 5.10. The van der Waals surface area contributed by atoms with Crippen LogP contribution in [0.5, 0.6) is 5.75 Å². The lowest BCUT2D eigenvalue weighted by Gasteiger charge is -2.36. The number of carbonyl (C=O) groups is 1. The van der Waals surface area contributed by atoms with Crippen LogP contribution in [-0.2, 0) is 4.79 Å². The summed E-state index contributed by atoms with van der Waals surface area (Å²) in [6.07, 6.45) is 1.06. The highest BCUT2D eigenvalue weighted by molar-refractivity contribution is 5.94. The highest BCUT2D eigenvalue weighted by Crippen LogP contribution is 2.26. The van der Waals surface area contributed by atoms with Gasteiger partial charge in [0, 0.05) is 17.4 Å². The molecule has 2 atom stereocenters. The number of methoxy groups -OCH3 is 1. The van der Waals surface area contributed by atoms with Crippen LogP contribution in [0.25, 0.3) is 0 Å². The minimum atomic E-state index is -0.0764. The van der Waals surface area contributed by atoms with Crippen molar-refractivity contribution in [3.63, 3.8) is 0 Å². The normalized spacial score (nSPS) is 16.9. The van der Waals surface area contributed by atoms with Crippen LogP contribution in [0.2, 0.25) is 0 Å². The van der Waals surface area contributed by atoms with Crippen molar-refractivity contribution in [3.05, 3.63) is 54.1 Å². The zero-order chi connectivity index (χ0) is 20.8. The standard InChI is InChI=1S/C24H33N3O2/c1-5-18(2)22-11-6-7-12-23(22)25-24(28)19(3)26-13-15-27(16-14-26)20-9-8-10-21(17-20)29-4/h6-12,17-19H,5,13-16H2,1-4H3,(H,25,28)/p+1/t18-,19+/m1/s1. The fourth-order valence-electron chi connectivity index (χ4n) is 3.98. The molecule has 1 saturated heterocycles. The summed E-state index contributed by atoms with van der Waals surface area (Å²) in [7, 11) is 1.70. The van der Waals surface area contributed by atoms with E-state index in [1.807, 2.05) is 37.3 Å². The van der Waals surface area contributed by atoms with Crippen LogP contribution < -0.4 is 19.9 Å². The average molecular weight is 397 g/mol. The van der Waals surface area contributed by atoms with E-state index in [-0.39, 0.29) is 11.9 Å². The summed E-state index contributed by atoms with van der Waals surface area (Å²) in [5.74, 6) is 1.41. The minimum absolute atomic E-state index is 0.0764. The fourth-order valence-corrected chi connectivity index (χ4v) is 3.98. The molecule has 2 aromatic rings. The number of hydrogen-bond acceptors (Lipinski definition) is 3. The van der Waals surface area contributed by atoms with E-state index < -0.39 is 0 Å². The number of carbonyl (C=O) groups excluding carboxylic acids is 1. The Morgan fingerprint density at radius 1 is 1.14 bits per heavy atom. The van der Waals surface area contributed by atoms with E-state index in [1.165, 1.54) is 16.2 Å². The Kier molecular flexibility index (Phi) is 7.15. The Morgan fingerprint density at radius 3 is 2.55 bits per heavy atom. The van der Waals surface area contributed by atoms with Crippen LogP contribution in [0.1, 0.15) is 38.7 Å². The quantitative estimate of drug-likeness (QED) is 0.756. The molecule has 29 heavy (non-hydrogen) atoms. The van der Waals surface area contributed by atoms with Crippen molar-refractivity contribution in [1.82, 2.24) is 0 Å². The van der Waals surface area contributed by atoms with E-state index >= 15 is 0 Å². The molecule has 0 saturated carbocycles. The Balaban J connectivity index is 1.59. The second-order valence-corrected chi connectivity index (χ2v) is 7.95. The second-order valence-electron chi connectivity index (χ2n) is 7.95. The topological polar surface area (TPSA) is 46.0 Å². The van der Waals surface area contributed by atoms with Gasteiger partial charge in [-0.2, -0.15) is 0 Å². The van der Waals surface area contributed by atoms with Crippen molar-refractivity contribution >= 4 is 17.3 Å². The van der Waals surface area contributed by atoms with Crippen molar-refractivity contribution in [2.75, 3.05) is 43.5 Å².